The smallest absolute Gasteiger partial charge is 0.385 e. The van der Waals surface area contributed by atoms with E-state index in [4.69, 9.17) is 11.6 Å². The molecule has 0 aliphatic carbocycles. The Labute approximate surface area is 167 Å². The van der Waals surface area contributed by atoms with Crippen molar-refractivity contribution in [3.05, 3.63) is 64.2 Å². The molecule has 7 heteroatoms. The molecule has 0 spiro atoms. The van der Waals surface area contributed by atoms with E-state index in [9.17, 15) is 18.0 Å². The summed E-state index contributed by atoms with van der Waals surface area (Å²) < 4.78 is 39.2. The van der Waals surface area contributed by atoms with Crippen molar-refractivity contribution in [2.75, 3.05) is 25.0 Å². The molecule has 0 aromatic heterocycles. The van der Waals surface area contributed by atoms with Crippen molar-refractivity contribution in [3.63, 3.8) is 0 Å². The maximum absolute atomic E-state index is 13.1. The summed E-state index contributed by atoms with van der Waals surface area (Å²) in [6, 6.07) is 10.9. The van der Waals surface area contributed by atoms with Gasteiger partial charge in [-0.2, -0.15) is 13.2 Å². The fourth-order valence-corrected chi connectivity index (χ4v) is 3.62. The Morgan fingerprint density at radius 1 is 1.21 bits per heavy atom. The predicted octanol–water partition coefficient (Wildman–Crippen LogP) is 5.63. The van der Waals surface area contributed by atoms with E-state index in [1.165, 1.54) is 6.07 Å². The molecule has 1 fully saturated rings. The molecule has 2 aromatic carbocycles. The second-order valence-electron chi connectivity index (χ2n) is 7.23. The highest BCUT2D eigenvalue weighted by atomic mass is 35.5. The van der Waals surface area contributed by atoms with E-state index in [2.05, 4.69) is 5.32 Å². The lowest BCUT2D eigenvalue weighted by molar-refractivity contribution is -0.137. The van der Waals surface area contributed by atoms with Gasteiger partial charge < -0.3 is 10.2 Å². The van der Waals surface area contributed by atoms with Crippen LogP contribution in [0, 0.1) is 12.8 Å². The van der Waals surface area contributed by atoms with E-state index in [0.717, 1.165) is 30.7 Å². The summed E-state index contributed by atoms with van der Waals surface area (Å²) in [6.45, 7) is 3.34. The van der Waals surface area contributed by atoms with Gasteiger partial charge in [0.1, 0.15) is 0 Å². The molecule has 1 unspecified atom stereocenters. The van der Waals surface area contributed by atoms with Crippen LogP contribution in [0.1, 0.15) is 34.3 Å². The Balaban J connectivity index is 1.66. The average Bonchev–Trinajstić information content (AvgIpc) is 2.66. The van der Waals surface area contributed by atoms with E-state index in [0.29, 0.717) is 30.2 Å². The van der Waals surface area contributed by atoms with Crippen LogP contribution in [-0.2, 0) is 6.18 Å². The first-order valence-electron chi connectivity index (χ1n) is 9.20. The Morgan fingerprint density at radius 3 is 2.61 bits per heavy atom. The SMILES string of the molecule is Cc1cc(C(=O)N2CCCC(CNc3ccc(Cl)cc3)C2)cc(C(F)(F)F)c1. The number of nitrogens with one attached hydrogen (secondary N) is 1. The van der Waals surface area contributed by atoms with Crippen molar-refractivity contribution in [1.29, 1.82) is 0 Å². The summed E-state index contributed by atoms with van der Waals surface area (Å²) >= 11 is 5.88. The minimum atomic E-state index is -4.46. The second-order valence-corrected chi connectivity index (χ2v) is 7.67. The normalized spacial score (nSPS) is 17.5. The molecule has 1 N–H and O–H groups in total. The minimum Gasteiger partial charge on any atom is -0.385 e. The van der Waals surface area contributed by atoms with Crippen molar-refractivity contribution in [3.8, 4) is 0 Å². The summed E-state index contributed by atoms with van der Waals surface area (Å²) in [5, 5.41) is 4.00. The topological polar surface area (TPSA) is 32.3 Å². The van der Waals surface area contributed by atoms with Crippen LogP contribution in [0.25, 0.3) is 0 Å². The molecule has 0 saturated carbocycles. The second kappa shape index (κ2) is 8.43. The molecule has 1 amide bonds. The number of likely N-dealkylation sites (tertiary alicyclic amines) is 1. The molecule has 28 heavy (non-hydrogen) atoms. The number of halogens is 4. The summed E-state index contributed by atoms with van der Waals surface area (Å²) in [5.41, 5.74) is 0.685. The number of hydrogen-bond donors (Lipinski definition) is 1. The third-order valence-electron chi connectivity index (χ3n) is 4.90. The van der Waals surface area contributed by atoms with Gasteiger partial charge in [-0.05, 0) is 73.7 Å². The maximum Gasteiger partial charge on any atom is 0.416 e. The zero-order chi connectivity index (χ0) is 20.3. The summed E-state index contributed by atoms with van der Waals surface area (Å²) in [7, 11) is 0. The molecule has 0 bridgehead atoms. The molecule has 0 radical (unpaired) electrons. The number of amides is 1. The lowest BCUT2D eigenvalue weighted by Crippen LogP contribution is -2.42. The number of hydrogen-bond acceptors (Lipinski definition) is 2. The predicted molar refractivity (Wildman–Crippen MR) is 105 cm³/mol. The number of alkyl halides is 3. The lowest BCUT2D eigenvalue weighted by Gasteiger charge is -2.33. The minimum absolute atomic E-state index is 0.0960. The molecule has 1 heterocycles. The first-order valence-corrected chi connectivity index (χ1v) is 9.58. The first kappa shape index (κ1) is 20.5. The maximum atomic E-state index is 13.1. The van der Waals surface area contributed by atoms with Gasteiger partial charge >= 0.3 is 6.18 Å². The van der Waals surface area contributed by atoms with Gasteiger partial charge in [0.25, 0.3) is 5.91 Å². The third-order valence-corrected chi connectivity index (χ3v) is 5.15. The van der Waals surface area contributed by atoms with E-state index in [1.807, 2.05) is 12.1 Å². The number of benzene rings is 2. The zero-order valence-corrected chi connectivity index (χ0v) is 16.3. The highest BCUT2D eigenvalue weighted by Gasteiger charge is 2.32. The summed E-state index contributed by atoms with van der Waals surface area (Å²) in [6.07, 6.45) is -2.67. The van der Waals surface area contributed by atoms with Gasteiger partial charge in [-0.15, -0.1) is 0 Å². The summed E-state index contributed by atoms with van der Waals surface area (Å²) in [4.78, 5) is 14.5. The van der Waals surface area contributed by atoms with E-state index in [-0.39, 0.29) is 17.4 Å². The largest absolute Gasteiger partial charge is 0.416 e. The molecule has 1 atom stereocenters. The van der Waals surface area contributed by atoms with Crippen molar-refractivity contribution in [1.82, 2.24) is 4.90 Å². The fourth-order valence-electron chi connectivity index (χ4n) is 3.50. The Kier molecular flexibility index (Phi) is 6.18. The summed E-state index contributed by atoms with van der Waals surface area (Å²) in [5.74, 6) is -0.106. The number of rotatable bonds is 4. The molecule has 1 aliphatic rings. The standard InChI is InChI=1S/C21H22ClF3N2O/c1-14-9-16(11-17(10-14)21(23,24)25)20(28)27-8-2-3-15(13-27)12-26-19-6-4-18(22)5-7-19/h4-7,9-11,15,26H,2-3,8,12-13H2,1H3. The van der Waals surface area contributed by atoms with Gasteiger partial charge in [-0.25, -0.2) is 0 Å². The number of piperidine rings is 1. The van der Waals surface area contributed by atoms with Crippen molar-refractivity contribution < 1.29 is 18.0 Å². The van der Waals surface area contributed by atoms with Crippen LogP contribution in [0.4, 0.5) is 18.9 Å². The molecule has 3 rings (SSSR count). The number of carbonyl (C=O) groups is 1. The molecule has 3 nitrogen and oxygen atoms in total. The molecule has 1 saturated heterocycles. The number of nitrogens with zero attached hydrogens (tertiary/aromatic N) is 1. The van der Waals surface area contributed by atoms with Crippen LogP contribution in [0.15, 0.2) is 42.5 Å². The Morgan fingerprint density at radius 2 is 1.93 bits per heavy atom. The Hall–Kier alpha value is -2.21. The van der Waals surface area contributed by atoms with E-state index < -0.39 is 11.7 Å². The van der Waals surface area contributed by atoms with Crippen molar-refractivity contribution in [2.24, 2.45) is 5.92 Å². The van der Waals surface area contributed by atoms with Crippen LogP contribution in [0.2, 0.25) is 5.02 Å². The zero-order valence-electron chi connectivity index (χ0n) is 15.5. The van der Waals surface area contributed by atoms with E-state index in [1.54, 1.807) is 24.0 Å². The highest BCUT2D eigenvalue weighted by Crippen LogP contribution is 2.31. The van der Waals surface area contributed by atoms with Gasteiger partial charge in [0, 0.05) is 35.9 Å². The van der Waals surface area contributed by atoms with Crippen LogP contribution in [-0.4, -0.2) is 30.4 Å². The molecule has 1 aliphatic heterocycles. The van der Waals surface area contributed by atoms with Crippen LogP contribution < -0.4 is 5.32 Å². The molecular formula is C21H22ClF3N2O. The van der Waals surface area contributed by atoms with Gasteiger partial charge in [0.05, 0.1) is 5.56 Å². The molecule has 150 valence electrons. The number of aryl methyl sites for hydroxylation is 1. The lowest BCUT2D eigenvalue weighted by atomic mass is 9.96. The third kappa shape index (κ3) is 5.19. The van der Waals surface area contributed by atoms with Crippen molar-refractivity contribution in [2.45, 2.75) is 25.9 Å². The number of carbonyl (C=O) groups excluding carboxylic acids is 1. The van der Waals surface area contributed by atoms with Crippen LogP contribution in [0.3, 0.4) is 0 Å². The first-order chi connectivity index (χ1) is 13.2. The highest BCUT2D eigenvalue weighted by molar-refractivity contribution is 6.30. The monoisotopic (exact) mass is 410 g/mol. The quantitative estimate of drug-likeness (QED) is 0.708. The van der Waals surface area contributed by atoms with Crippen molar-refractivity contribution >= 4 is 23.2 Å². The van der Waals surface area contributed by atoms with Crippen LogP contribution in [0.5, 0.6) is 0 Å². The van der Waals surface area contributed by atoms with Crippen LogP contribution >= 0.6 is 11.6 Å². The molecule has 2 aromatic rings. The van der Waals surface area contributed by atoms with Gasteiger partial charge in [0.15, 0.2) is 0 Å². The van der Waals surface area contributed by atoms with Gasteiger partial charge in [0.2, 0.25) is 0 Å². The van der Waals surface area contributed by atoms with Gasteiger partial charge in [-0.3, -0.25) is 4.79 Å². The number of anilines is 1. The average molecular weight is 411 g/mol. The fraction of sp³-hybridized carbons (Fsp3) is 0.381. The Bertz CT molecular complexity index is 837. The van der Waals surface area contributed by atoms with Gasteiger partial charge in [-0.1, -0.05) is 11.6 Å². The van der Waals surface area contributed by atoms with E-state index >= 15 is 0 Å². The molecular weight excluding hydrogens is 389 g/mol.